The van der Waals surface area contributed by atoms with Crippen molar-refractivity contribution in [1.82, 2.24) is 9.78 Å². The summed E-state index contributed by atoms with van der Waals surface area (Å²) in [6.45, 7) is 0. The molecule has 1 rings (SSSR count). The normalized spacial score (nSPS) is 11.5. The van der Waals surface area contributed by atoms with Gasteiger partial charge in [-0.25, -0.2) is 18.4 Å². The number of carboxylic acids is 1. The van der Waals surface area contributed by atoms with Crippen molar-refractivity contribution in [2.45, 2.75) is 5.03 Å². The number of carbonyl (C=O) groups is 1. The molecule has 1 aromatic heterocycles. The van der Waals surface area contributed by atoms with Gasteiger partial charge in [-0.05, 0) is 0 Å². The quantitative estimate of drug-likeness (QED) is 0.626. The van der Waals surface area contributed by atoms with Crippen LogP contribution in [0.5, 0.6) is 0 Å². The number of aromatic carboxylic acids is 1. The van der Waals surface area contributed by atoms with Crippen molar-refractivity contribution in [3.8, 4) is 0 Å². The molecule has 0 atom stereocenters. The fourth-order valence-corrected chi connectivity index (χ4v) is 1.51. The van der Waals surface area contributed by atoms with Crippen LogP contribution in [0.3, 0.4) is 0 Å². The second-order valence-corrected chi connectivity index (χ2v) is 3.85. The van der Waals surface area contributed by atoms with Crippen molar-refractivity contribution in [3.63, 3.8) is 0 Å². The molecule has 0 saturated heterocycles. The predicted molar refractivity (Wildman–Crippen MR) is 41.5 cm³/mol. The molecule has 0 aliphatic carbocycles. The molecule has 8 heteroatoms. The minimum atomic E-state index is -3.91. The number of carboxylic acid groups (broad SMARTS) is 1. The van der Waals surface area contributed by atoms with Gasteiger partial charge in [0.1, 0.15) is 0 Å². The van der Waals surface area contributed by atoms with Crippen LogP contribution in [0.15, 0.2) is 11.1 Å². The van der Waals surface area contributed by atoms with Crippen LogP contribution in [0.25, 0.3) is 0 Å². The van der Waals surface area contributed by atoms with E-state index in [1.54, 1.807) is 0 Å². The molecule has 0 spiro atoms. The molecule has 0 aromatic carbocycles. The zero-order valence-corrected chi connectivity index (χ0v) is 7.45. The Balaban J connectivity index is 3.35. The van der Waals surface area contributed by atoms with Gasteiger partial charge in [-0.3, -0.25) is 4.68 Å². The molecule has 0 bridgehead atoms. The van der Waals surface area contributed by atoms with Gasteiger partial charge in [0, 0.05) is 13.1 Å². The van der Waals surface area contributed by atoms with E-state index >= 15 is 0 Å². The van der Waals surface area contributed by atoms with Gasteiger partial charge in [0.05, 0.1) is 0 Å². The van der Waals surface area contributed by atoms with E-state index < -0.39 is 16.0 Å². The Bertz CT molecular complexity index is 446. The Kier molecular flexibility index (Phi) is 2.10. The van der Waals surface area contributed by atoms with Gasteiger partial charge >= 0.3 is 5.97 Å². The third-order valence-electron chi connectivity index (χ3n) is 1.35. The van der Waals surface area contributed by atoms with Gasteiger partial charge < -0.3 is 5.11 Å². The number of primary sulfonamides is 1. The molecule has 3 N–H and O–H groups in total. The van der Waals surface area contributed by atoms with Gasteiger partial charge in [0.15, 0.2) is 10.7 Å². The molecule has 0 amide bonds. The number of nitrogens with zero attached hydrogens (tertiary/aromatic N) is 2. The lowest BCUT2D eigenvalue weighted by molar-refractivity contribution is 0.0689. The molecule has 0 unspecified atom stereocenters. The topological polar surface area (TPSA) is 115 Å². The highest BCUT2D eigenvalue weighted by Crippen LogP contribution is 2.07. The predicted octanol–water partition coefficient (Wildman–Crippen LogP) is -1.23. The van der Waals surface area contributed by atoms with Crippen LogP contribution in [0.2, 0.25) is 0 Å². The first-order valence-electron chi connectivity index (χ1n) is 3.12. The van der Waals surface area contributed by atoms with Crippen molar-refractivity contribution in [3.05, 3.63) is 11.8 Å². The molecule has 0 radical (unpaired) electrons. The molecule has 0 saturated carbocycles. The summed E-state index contributed by atoms with van der Waals surface area (Å²) >= 11 is 0. The fourth-order valence-electron chi connectivity index (χ4n) is 0.821. The van der Waals surface area contributed by atoms with Crippen LogP contribution in [0.1, 0.15) is 10.5 Å². The highest BCUT2D eigenvalue weighted by Gasteiger charge is 2.18. The van der Waals surface area contributed by atoms with Crippen molar-refractivity contribution < 1.29 is 18.3 Å². The molecule has 1 heterocycles. The minimum absolute atomic E-state index is 0.329. The van der Waals surface area contributed by atoms with Gasteiger partial charge in [0.2, 0.25) is 0 Å². The maximum Gasteiger partial charge on any atom is 0.356 e. The monoisotopic (exact) mass is 205 g/mol. The lowest BCUT2D eigenvalue weighted by Crippen LogP contribution is -2.16. The Morgan fingerprint density at radius 2 is 2.23 bits per heavy atom. The molecular weight excluding hydrogens is 198 g/mol. The van der Waals surface area contributed by atoms with Crippen molar-refractivity contribution in [2.75, 3.05) is 0 Å². The van der Waals surface area contributed by atoms with Gasteiger partial charge in [0.25, 0.3) is 10.0 Å². The number of aromatic nitrogens is 2. The average molecular weight is 205 g/mol. The number of aryl methyl sites for hydroxylation is 1. The molecule has 0 aliphatic rings. The number of hydrogen-bond acceptors (Lipinski definition) is 4. The van der Waals surface area contributed by atoms with Crippen molar-refractivity contribution >= 4 is 16.0 Å². The summed E-state index contributed by atoms with van der Waals surface area (Å²) in [6.07, 6.45) is 0. The zero-order chi connectivity index (χ0) is 10.2. The first-order valence-corrected chi connectivity index (χ1v) is 4.67. The fraction of sp³-hybridized carbons (Fsp3) is 0.200. The first kappa shape index (κ1) is 9.68. The maximum absolute atomic E-state index is 10.8. The standard InChI is InChI=1S/C5H7N3O4S/c1-8-4(13(6,11)12)2-3(7-8)5(9)10/h2H,1H3,(H,9,10)(H2,6,11,12). The number of nitrogens with two attached hydrogens (primary N) is 1. The summed E-state index contributed by atoms with van der Waals surface area (Å²) in [5.74, 6) is -1.30. The number of hydrogen-bond donors (Lipinski definition) is 2. The number of sulfonamides is 1. The van der Waals surface area contributed by atoms with Gasteiger partial charge in [-0.1, -0.05) is 0 Å². The summed E-state index contributed by atoms with van der Waals surface area (Å²) in [5, 5.41) is 16.4. The lowest BCUT2D eigenvalue weighted by atomic mass is 10.4. The summed E-state index contributed by atoms with van der Waals surface area (Å²) in [4.78, 5) is 10.4. The Labute approximate surface area is 73.8 Å². The minimum Gasteiger partial charge on any atom is -0.476 e. The van der Waals surface area contributed by atoms with Crippen LogP contribution in [0, 0.1) is 0 Å². The zero-order valence-electron chi connectivity index (χ0n) is 6.63. The van der Waals surface area contributed by atoms with E-state index in [1.807, 2.05) is 0 Å². The Morgan fingerprint density at radius 3 is 2.46 bits per heavy atom. The SMILES string of the molecule is Cn1nc(C(=O)O)cc1S(N)(=O)=O. The smallest absolute Gasteiger partial charge is 0.356 e. The second kappa shape index (κ2) is 2.82. The Morgan fingerprint density at radius 1 is 1.69 bits per heavy atom. The third-order valence-corrected chi connectivity index (χ3v) is 2.31. The molecule has 0 aliphatic heterocycles. The van der Waals surface area contributed by atoms with Crippen LogP contribution in [0.4, 0.5) is 0 Å². The molecule has 13 heavy (non-hydrogen) atoms. The second-order valence-electron chi connectivity index (χ2n) is 2.34. The van der Waals surface area contributed by atoms with E-state index in [9.17, 15) is 13.2 Å². The largest absolute Gasteiger partial charge is 0.476 e. The highest BCUT2D eigenvalue weighted by molar-refractivity contribution is 7.89. The van der Waals surface area contributed by atoms with Crippen LogP contribution in [-0.4, -0.2) is 29.3 Å². The highest BCUT2D eigenvalue weighted by atomic mass is 32.2. The van der Waals surface area contributed by atoms with Crippen molar-refractivity contribution in [1.29, 1.82) is 0 Å². The van der Waals surface area contributed by atoms with E-state index in [4.69, 9.17) is 10.2 Å². The number of rotatable bonds is 2. The Hall–Kier alpha value is -1.41. The molecule has 7 nitrogen and oxygen atoms in total. The van der Waals surface area contributed by atoms with Crippen LogP contribution >= 0.6 is 0 Å². The van der Waals surface area contributed by atoms with E-state index in [-0.39, 0.29) is 10.7 Å². The maximum atomic E-state index is 10.8. The van der Waals surface area contributed by atoms with Crippen LogP contribution < -0.4 is 5.14 Å². The molecule has 1 aromatic rings. The summed E-state index contributed by atoms with van der Waals surface area (Å²) < 4.78 is 22.5. The van der Waals surface area contributed by atoms with E-state index in [0.29, 0.717) is 0 Å². The van der Waals surface area contributed by atoms with Gasteiger partial charge in [-0.15, -0.1) is 0 Å². The lowest BCUT2D eigenvalue weighted by Gasteiger charge is -1.95. The van der Waals surface area contributed by atoms with Crippen LogP contribution in [-0.2, 0) is 17.1 Å². The molecule has 0 fully saturated rings. The third kappa shape index (κ3) is 1.84. The molecule has 72 valence electrons. The summed E-state index contributed by atoms with van der Waals surface area (Å²) in [7, 11) is -2.61. The summed E-state index contributed by atoms with van der Waals surface area (Å²) in [5.41, 5.74) is -0.355. The first-order chi connectivity index (χ1) is 5.82. The van der Waals surface area contributed by atoms with E-state index in [0.717, 1.165) is 10.7 Å². The van der Waals surface area contributed by atoms with Gasteiger partial charge in [-0.2, -0.15) is 5.10 Å². The van der Waals surface area contributed by atoms with E-state index in [1.165, 1.54) is 7.05 Å². The average Bonchev–Trinajstić information content (AvgIpc) is 2.29. The van der Waals surface area contributed by atoms with E-state index in [2.05, 4.69) is 5.10 Å². The molecular formula is C5H7N3O4S. The van der Waals surface area contributed by atoms with Crippen molar-refractivity contribution in [2.24, 2.45) is 12.2 Å². The summed E-state index contributed by atoms with van der Waals surface area (Å²) in [6, 6.07) is 0.900.